The van der Waals surface area contributed by atoms with Gasteiger partial charge in [0, 0.05) is 28.8 Å². The highest BCUT2D eigenvalue weighted by atomic mass is 16.6. The van der Waals surface area contributed by atoms with Crippen molar-refractivity contribution in [3.8, 4) is 11.8 Å². The number of fused-ring (bicyclic) bond motifs is 1. The molecule has 1 aliphatic heterocycles. The number of nitro groups is 1. The number of non-ortho nitro benzene ring substituents is 1. The number of nitro benzene ring substituents is 1. The number of ether oxygens (including phenoxy) is 2. The van der Waals surface area contributed by atoms with Crippen molar-refractivity contribution >= 4 is 23.0 Å². The van der Waals surface area contributed by atoms with E-state index >= 15 is 0 Å². The van der Waals surface area contributed by atoms with Crippen molar-refractivity contribution in [1.29, 1.82) is 5.26 Å². The van der Waals surface area contributed by atoms with Gasteiger partial charge in [-0.15, -0.1) is 0 Å². The second kappa shape index (κ2) is 9.70. The van der Waals surface area contributed by atoms with Crippen LogP contribution in [0.25, 0.3) is 11.3 Å². The van der Waals surface area contributed by atoms with Gasteiger partial charge in [-0.1, -0.05) is 33.8 Å². The monoisotopic (exact) mass is 446 g/mol. The molecule has 1 heterocycles. The molecule has 3 rings (SSSR count). The van der Waals surface area contributed by atoms with Crippen LogP contribution >= 0.6 is 0 Å². The van der Waals surface area contributed by atoms with E-state index < -0.39 is 10.9 Å². The number of rotatable bonds is 6. The number of carbonyl (C=O) groups is 1. The first kappa shape index (κ1) is 23.7. The fourth-order valence-electron chi connectivity index (χ4n) is 3.61. The van der Waals surface area contributed by atoms with E-state index in [0.717, 1.165) is 11.1 Å². The Bertz CT molecular complexity index is 1200. The first-order valence-electron chi connectivity index (χ1n) is 10.8. The summed E-state index contributed by atoms with van der Waals surface area (Å²) in [6, 6.07) is 12.0. The third kappa shape index (κ3) is 4.80. The van der Waals surface area contributed by atoms with E-state index in [0.29, 0.717) is 28.2 Å². The highest BCUT2D eigenvalue weighted by molar-refractivity contribution is 6.06. The van der Waals surface area contributed by atoms with E-state index in [2.05, 4.69) is 19.9 Å². The average molecular weight is 447 g/mol. The molecule has 170 valence electrons. The molecule has 0 saturated heterocycles. The van der Waals surface area contributed by atoms with Crippen LogP contribution in [0.1, 0.15) is 68.7 Å². The smallest absolute Gasteiger partial charge is 0.349 e. The van der Waals surface area contributed by atoms with Crippen LogP contribution in [0.15, 0.2) is 48.0 Å². The average Bonchev–Trinajstić information content (AvgIpc) is 2.78. The number of allylic oxidation sites excluding steroid dienone is 2. The highest BCUT2D eigenvalue weighted by Crippen LogP contribution is 2.44. The second-order valence-corrected chi connectivity index (χ2v) is 8.33. The van der Waals surface area contributed by atoms with Gasteiger partial charge in [0.1, 0.15) is 23.2 Å². The summed E-state index contributed by atoms with van der Waals surface area (Å²) < 4.78 is 11.4. The predicted octanol–water partition coefficient (Wildman–Crippen LogP) is 6.12. The summed E-state index contributed by atoms with van der Waals surface area (Å²) in [4.78, 5) is 23.2. The van der Waals surface area contributed by atoms with Crippen LogP contribution in [-0.4, -0.2) is 17.5 Å². The van der Waals surface area contributed by atoms with Crippen LogP contribution in [0.2, 0.25) is 0 Å². The normalized spacial score (nSPS) is 14.2. The standard InChI is InChI=1S/C26H26N2O5/c1-6-32-26(29)23(14-27)21-13-24(17-7-9-19(10-8-17)28(30)31)33-25-20(16(4)5)11-18(15(2)3)12-22(21)25/h7-13,15-16H,6H2,1-5H3/b23-21+. The molecule has 7 heteroatoms. The lowest BCUT2D eigenvalue weighted by atomic mass is 9.86. The van der Waals surface area contributed by atoms with E-state index in [1.807, 2.05) is 26.0 Å². The highest BCUT2D eigenvalue weighted by Gasteiger charge is 2.28. The zero-order valence-electron chi connectivity index (χ0n) is 19.3. The van der Waals surface area contributed by atoms with Gasteiger partial charge in [0.05, 0.1) is 11.5 Å². The van der Waals surface area contributed by atoms with Gasteiger partial charge in [-0.3, -0.25) is 10.1 Å². The summed E-state index contributed by atoms with van der Waals surface area (Å²) in [5.74, 6) is 0.592. The van der Waals surface area contributed by atoms with Crippen molar-refractivity contribution in [3.05, 3.63) is 80.4 Å². The van der Waals surface area contributed by atoms with Crippen LogP contribution in [0.5, 0.6) is 5.75 Å². The maximum absolute atomic E-state index is 12.6. The van der Waals surface area contributed by atoms with E-state index in [9.17, 15) is 20.2 Å². The lowest BCUT2D eigenvalue weighted by Gasteiger charge is -2.26. The molecule has 2 aromatic carbocycles. The summed E-state index contributed by atoms with van der Waals surface area (Å²) >= 11 is 0. The molecule has 7 nitrogen and oxygen atoms in total. The van der Waals surface area contributed by atoms with Gasteiger partial charge in [-0.25, -0.2) is 4.79 Å². The van der Waals surface area contributed by atoms with Gasteiger partial charge in [0.15, 0.2) is 0 Å². The van der Waals surface area contributed by atoms with Crippen molar-refractivity contribution in [1.82, 2.24) is 0 Å². The Labute approximate surface area is 193 Å². The van der Waals surface area contributed by atoms with Gasteiger partial charge >= 0.3 is 5.97 Å². The van der Waals surface area contributed by atoms with Crippen LogP contribution in [0.4, 0.5) is 5.69 Å². The van der Waals surface area contributed by atoms with E-state index in [1.54, 1.807) is 25.1 Å². The van der Waals surface area contributed by atoms with E-state index in [-0.39, 0.29) is 29.7 Å². The largest absolute Gasteiger partial charge is 0.462 e. The summed E-state index contributed by atoms with van der Waals surface area (Å²) in [6.07, 6.45) is 1.63. The summed E-state index contributed by atoms with van der Waals surface area (Å²) in [5, 5.41) is 20.9. The minimum absolute atomic E-state index is 0.0417. The number of hydrogen-bond acceptors (Lipinski definition) is 6. The molecule has 0 aliphatic carbocycles. The van der Waals surface area contributed by atoms with Crippen LogP contribution in [0, 0.1) is 21.4 Å². The number of nitriles is 1. The third-order valence-electron chi connectivity index (χ3n) is 5.43. The molecule has 0 N–H and O–H groups in total. The predicted molar refractivity (Wildman–Crippen MR) is 125 cm³/mol. The summed E-state index contributed by atoms with van der Waals surface area (Å²) in [7, 11) is 0. The molecule has 0 radical (unpaired) electrons. The van der Waals surface area contributed by atoms with E-state index in [1.165, 1.54) is 12.1 Å². The fraction of sp³-hybridized carbons (Fsp3) is 0.308. The first-order chi connectivity index (χ1) is 15.7. The minimum Gasteiger partial charge on any atom is -0.462 e. The molecule has 0 amide bonds. The van der Waals surface area contributed by atoms with Crippen molar-refractivity contribution in [2.75, 3.05) is 6.61 Å². The molecule has 0 bridgehead atoms. The summed E-state index contributed by atoms with van der Waals surface area (Å²) in [6.45, 7) is 10.1. The first-order valence-corrected chi connectivity index (χ1v) is 10.8. The molecule has 0 fully saturated rings. The van der Waals surface area contributed by atoms with Crippen molar-refractivity contribution in [2.24, 2.45) is 0 Å². The molecule has 2 aromatic rings. The Morgan fingerprint density at radius 3 is 2.33 bits per heavy atom. The zero-order valence-corrected chi connectivity index (χ0v) is 19.3. The maximum Gasteiger partial charge on any atom is 0.349 e. The van der Waals surface area contributed by atoms with Crippen molar-refractivity contribution in [3.63, 3.8) is 0 Å². The zero-order chi connectivity index (χ0) is 24.3. The Morgan fingerprint density at radius 2 is 1.82 bits per heavy atom. The number of nitrogens with zero attached hydrogens (tertiary/aromatic N) is 2. The molecule has 0 saturated carbocycles. The maximum atomic E-state index is 12.6. The van der Waals surface area contributed by atoms with Gasteiger partial charge < -0.3 is 9.47 Å². The number of carbonyl (C=O) groups excluding carboxylic acids is 1. The molecule has 0 aromatic heterocycles. The Kier molecular flexibility index (Phi) is 6.98. The van der Waals surface area contributed by atoms with Crippen LogP contribution in [0.3, 0.4) is 0 Å². The van der Waals surface area contributed by atoms with Crippen LogP contribution < -0.4 is 4.74 Å². The van der Waals surface area contributed by atoms with Gasteiger partial charge in [-0.2, -0.15) is 5.26 Å². The Morgan fingerprint density at radius 1 is 1.15 bits per heavy atom. The molecular formula is C26H26N2O5. The molecule has 0 atom stereocenters. The van der Waals surface area contributed by atoms with Crippen molar-refractivity contribution < 1.29 is 19.2 Å². The molecule has 33 heavy (non-hydrogen) atoms. The van der Waals surface area contributed by atoms with Crippen LogP contribution in [-0.2, 0) is 9.53 Å². The summed E-state index contributed by atoms with van der Waals surface area (Å²) in [5.41, 5.74) is 3.51. The quantitative estimate of drug-likeness (QED) is 0.174. The molecular weight excluding hydrogens is 420 g/mol. The number of hydrogen-bond donors (Lipinski definition) is 0. The fourth-order valence-corrected chi connectivity index (χ4v) is 3.61. The molecule has 0 unspecified atom stereocenters. The van der Waals surface area contributed by atoms with Gasteiger partial charge in [-0.05, 0) is 54.2 Å². The SMILES string of the molecule is CCOC(=O)/C(C#N)=C1\C=C(c2ccc([N+](=O)[O-])cc2)Oc2c1cc(C(C)C)cc2C(C)C. The minimum atomic E-state index is -0.705. The number of esters is 1. The van der Waals surface area contributed by atoms with Gasteiger partial charge in [0.2, 0.25) is 0 Å². The second-order valence-electron chi connectivity index (χ2n) is 8.33. The lowest BCUT2D eigenvalue weighted by Crippen LogP contribution is -2.13. The molecule has 0 spiro atoms. The number of benzene rings is 2. The topological polar surface area (TPSA) is 102 Å². The van der Waals surface area contributed by atoms with Gasteiger partial charge in [0.25, 0.3) is 5.69 Å². The Hall–Kier alpha value is -3.92. The lowest BCUT2D eigenvalue weighted by molar-refractivity contribution is -0.384. The Balaban J connectivity index is 2.31. The third-order valence-corrected chi connectivity index (χ3v) is 5.43. The van der Waals surface area contributed by atoms with E-state index in [4.69, 9.17) is 9.47 Å². The molecule has 1 aliphatic rings. The van der Waals surface area contributed by atoms with Crippen molar-refractivity contribution in [2.45, 2.75) is 46.5 Å².